The van der Waals surface area contributed by atoms with Gasteiger partial charge >= 0.3 is 0 Å². The Kier molecular flexibility index (Phi) is 3.72. The Bertz CT molecular complexity index is 880. The highest BCUT2D eigenvalue weighted by atomic mass is 32.1. The van der Waals surface area contributed by atoms with Gasteiger partial charge in [0, 0.05) is 17.7 Å². The molecule has 22 heavy (non-hydrogen) atoms. The largest absolute Gasteiger partial charge is 0.310 e. The maximum absolute atomic E-state index is 12.1. The van der Waals surface area contributed by atoms with E-state index in [0.717, 1.165) is 10.4 Å². The number of hydrogen-bond acceptors (Lipinski definition) is 6. The molecule has 1 amide bonds. The van der Waals surface area contributed by atoms with Crippen LogP contribution in [0.4, 0.5) is 5.82 Å². The molecule has 0 radical (unpaired) electrons. The van der Waals surface area contributed by atoms with Crippen molar-refractivity contribution in [2.45, 2.75) is 26.7 Å². The van der Waals surface area contributed by atoms with Gasteiger partial charge in [-0.05, 0) is 19.4 Å². The highest BCUT2D eigenvalue weighted by Crippen LogP contribution is 2.25. The highest BCUT2D eigenvalue weighted by Gasteiger charge is 2.12. The minimum Gasteiger partial charge on any atom is -0.310 e. The molecule has 0 aliphatic carbocycles. The Hall–Kier alpha value is -2.55. The number of amides is 1. The van der Waals surface area contributed by atoms with E-state index in [1.54, 1.807) is 0 Å². The van der Waals surface area contributed by atoms with Gasteiger partial charge in [-0.15, -0.1) is 16.4 Å². The normalized spacial score (nSPS) is 11.0. The first-order chi connectivity index (χ1) is 10.5. The van der Waals surface area contributed by atoms with Crippen LogP contribution in [-0.2, 0) is 11.2 Å². The second-order valence-corrected chi connectivity index (χ2v) is 6.08. The first-order valence-corrected chi connectivity index (χ1v) is 7.51. The van der Waals surface area contributed by atoms with E-state index < -0.39 is 0 Å². The Labute approximate surface area is 129 Å². The van der Waals surface area contributed by atoms with Gasteiger partial charge in [0.05, 0.1) is 11.6 Å². The standard InChI is InChI=1S/C13H14N6O2S/c1-6-7(2)22-13-11(6)12(21)16-8(17-13)3-4-10(20)15-9-5-14-19-18-9/h5H,3-4H2,1-2H3,(H,16,17,21)(H2,14,15,18,19,20). The molecule has 0 aliphatic rings. The first kappa shape index (κ1) is 14.4. The SMILES string of the molecule is Cc1sc2nc(CCC(=O)Nc3cn[nH]n3)[nH]c(=O)c2c1C. The van der Waals surface area contributed by atoms with Gasteiger partial charge in [-0.25, -0.2) is 4.98 Å². The number of nitrogens with zero attached hydrogens (tertiary/aromatic N) is 3. The van der Waals surface area contributed by atoms with E-state index in [4.69, 9.17) is 0 Å². The molecular weight excluding hydrogens is 304 g/mol. The summed E-state index contributed by atoms with van der Waals surface area (Å²) >= 11 is 1.49. The van der Waals surface area contributed by atoms with Crippen LogP contribution in [0, 0.1) is 13.8 Å². The summed E-state index contributed by atoms with van der Waals surface area (Å²) < 4.78 is 0. The second kappa shape index (κ2) is 5.68. The van der Waals surface area contributed by atoms with Crippen LogP contribution in [0.25, 0.3) is 10.2 Å². The number of nitrogens with one attached hydrogen (secondary N) is 3. The van der Waals surface area contributed by atoms with Crippen LogP contribution in [0.5, 0.6) is 0 Å². The number of aromatic nitrogens is 5. The molecule has 3 heterocycles. The Balaban J connectivity index is 1.74. The molecule has 3 aromatic rings. The van der Waals surface area contributed by atoms with E-state index in [2.05, 4.69) is 30.7 Å². The van der Waals surface area contributed by atoms with Crippen molar-refractivity contribution in [1.82, 2.24) is 25.4 Å². The molecule has 0 fully saturated rings. The number of aryl methyl sites for hydroxylation is 3. The fraction of sp³-hybridized carbons (Fsp3) is 0.308. The van der Waals surface area contributed by atoms with Gasteiger partial charge in [0.15, 0.2) is 5.82 Å². The molecule has 0 spiro atoms. The van der Waals surface area contributed by atoms with Crippen LogP contribution < -0.4 is 10.9 Å². The zero-order chi connectivity index (χ0) is 15.7. The second-order valence-electron chi connectivity index (χ2n) is 4.88. The molecule has 8 nitrogen and oxygen atoms in total. The molecular formula is C13H14N6O2S. The molecule has 3 rings (SSSR count). The summed E-state index contributed by atoms with van der Waals surface area (Å²) in [6.07, 6.45) is 1.97. The molecule has 0 saturated carbocycles. The maximum Gasteiger partial charge on any atom is 0.259 e. The van der Waals surface area contributed by atoms with E-state index >= 15 is 0 Å². The molecule has 0 saturated heterocycles. The zero-order valence-corrected chi connectivity index (χ0v) is 12.9. The molecule has 0 bridgehead atoms. The van der Waals surface area contributed by atoms with E-state index in [1.165, 1.54) is 17.5 Å². The monoisotopic (exact) mass is 318 g/mol. The number of H-pyrrole nitrogens is 2. The molecule has 0 aliphatic heterocycles. The number of rotatable bonds is 4. The number of carbonyl (C=O) groups excluding carboxylic acids is 1. The van der Waals surface area contributed by atoms with Crippen LogP contribution in [-0.4, -0.2) is 31.3 Å². The van der Waals surface area contributed by atoms with Crippen molar-refractivity contribution in [1.29, 1.82) is 0 Å². The Morgan fingerprint density at radius 1 is 1.41 bits per heavy atom. The van der Waals surface area contributed by atoms with Gasteiger partial charge in [0.2, 0.25) is 5.91 Å². The third-order valence-electron chi connectivity index (χ3n) is 3.36. The summed E-state index contributed by atoms with van der Waals surface area (Å²) in [6.45, 7) is 3.88. The number of fused-ring (bicyclic) bond motifs is 1. The van der Waals surface area contributed by atoms with E-state index in [-0.39, 0.29) is 17.9 Å². The average molecular weight is 318 g/mol. The predicted octanol–water partition coefficient (Wildman–Crippen LogP) is 1.29. The van der Waals surface area contributed by atoms with Crippen molar-refractivity contribution < 1.29 is 4.79 Å². The fourth-order valence-electron chi connectivity index (χ4n) is 2.12. The van der Waals surface area contributed by atoms with Gasteiger partial charge in [-0.3, -0.25) is 9.59 Å². The molecule has 0 atom stereocenters. The molecule has 9 heteroatoms. The zero-order valence-electron chi connectivity index (χ0n) is 12.1. The number of carbonyl (C=O) groups is 1. The number of anilines is 1. The summed E-state index contributed by atoms with van der Waals surface area (Å²) in [5, 5.41) is 13.0. The number of hydrogen-bond donors (Lipinski definition) is 3. The van der Waals surface area contributed by atoms with Crippen molar-refractivity contribution in [3.05, 3.63) is 32.8 Å². The minimum atomic E-state index is -0.213. The first-order valence-electron chi connectivity index (χ1n) is 6.69. The third-order valence-corrected chi connectivity index (χ3v) is 4.46. The maximum atomic E-state index is 12.1. The summed E-state index contributed by atoms with van der Waals surface area (Å²) in [6, 6.07) is 0. The third kappa shape index (κ3) is 2.75. The molecule has 3 N–H and O–H groups in total. The van der Waals surface area contributed by atoms with Gasteiger partial charge in [0.25, 0.3) is 5.56 Å². The smallest absolute Gasteiger partial charge is 0.259 e. The van der Waals surface area contributed by atoms with E-state index in [1.807, 2.05) is 13.8 Å². The average Bonchev–Trinajstić information content (AvgIpc) is 3.06. The Morgan fingerprint density at radius 2 is 2.23 bits per heavy atom. The van der Waals surface area contributed by atoms with Gasteiger partial charge < -0.3 is 10.3 Å². The molecule has 114 valence electrons. The lowest BCUT2D eigenvalue weighted by Gasteiger charge is -2.02. The van der Waals surface area contributed by atoms with Crippen molar-refractivity contribution in [3.8, 4) is 0 Å². The van der Waals surface area contributed by atoms with E-state index in [0.29, 0.717) is 28.3 Å². The number of thiophene rings is 1. The van der Waals surface area contributed by atoms with Crippen LogP contribution in [0.1, 0.15) is 22.7 Å². The van der Waals surface area contributed by atoms with Crippen LogP contribution in [0.2, 0.25) is 0 Å². The summed E-state index contributed by atoms with van der Waals surface area (Å²) in [5.74, 6) is 0.663. The highest BCUT2D eigenvalue weighted by molar-refractivity contribution is 7.18. The number of aromatic amines is 2. The van der Waals surface area contributed by atoms with Crippen molar-refractivity contribution in [2.24, 2.45) is 0 Å². The summed E-state index contributed by atoms with van der Waals surface area (Å²) in [7, 11) is 0. The lowest BCUT2D eigenvalue weighted by molar-refractivity contribution is -0.116. The molecule has 0 aromatic carbocycles. The van der Waals surface area contributed by atoms with Crippen molar-refractivity contribution in [3.63, 3.8) is 0 Å². The fourth-order valence-corrected chi connectivity index (χ4v) is 3.17. The Morgan fingerprint density at radius 3 is 2.95 bits per heavy atom. The lowest BCUT2D eigenvalue weighted by atomic mass is 10.2. The molecule has 3 aromatic heterocycles. The molecule has 0 unspecified atom stereocenters. The van der Waals surface area contributed by atoms with Crippen LogP contribution >= 0.6 is 11.3 Å². The predicted molar refractivity (Wildman–Crippen MR) is 83.0 cm³/mol. The lowest BCUT2D eigenvalue weighted by Crippen LogP contribution is -2.16. The van der Waals surface area contributed by atoms with Crippen molar-refractivity contribution in [2.75, 3.05) is 5.32 Å². The quantitative estimate of drug-likeness (QED) is 0.670. The van der Waals surface area contributed by atoms with Crippen LogP contribution in [0.15, 0.2) is 11.0 Å². The minimum absolute atomic E-state index is 0.154. The van der Waals surface area contributed by atoms with Gasteiger partial charge in [-0.2, -0.15) is 10.3 Å². The van der Waals surface area contributed by atoms with Gasteiger partial charge in [0.1, 0.15) is 10.7 Å². The summed E-state index contributed by atoms with van der Waals surface area (Å²) in [4.78, 5) is 32.9. The van der Waals surface area contributed by atoms with Crippen LogP contribution in [0.3, 0.4) is 0 Å². The van der Waals surface area contributed by atoms with Gasteiger partial charge in [-0.1, -0.05) is 0 Å². The van der Waals surface area contributed by atoms with Crippen molar-refractivity contribution >= 4 is 33.3 Å². The van der Waals surface area contributed by atoms with E-state index in [9.17, 15) is 9.59 Å². The summed E-state index contributed by atoms with van der Waals surface area (Å²) in [5.41, 5.74) is 0.808. The topological polar surface area (TPSA) is 116 Å².